The molecule has 2 heterocycles. The molecule has 0 atom stereocenters. The molecule has 1 aliphatic rings. The van der Waals surface area contributed by atoms with Crippen LogP contribution in [0.3, 0.4) is 0 Å². The molecule has 28 heavy (non-hydrogen) atoms. The van der Waals surface area contributed by atoms with Crippen molar-refractivity contribution in [3.63, 3.8) is 0 Å². The molecule has 9 heteroatoms. The van der Waals surface area contributed by atoms with E-state index in [1.807, 2.05) is 13.8 Å². The number of carbonyl (C=O) groups excluding carboxylic acids is 1. The van der Waals surface area contributed by atoms with Gasteiger partial charge in [0.1, 0.15) is 17.8 Å². The number of fused-ring (bicyclic) bond motifs is 1. The topological polar surface area (TPSA) is 112 Å². The van der Waals surface area contributed by atoms with E-state index in [1.165, 1.54) is 0 Å². The zero-order valence-electron chi connectivity index (χ0n) is 16.9. The quantitative estimate of drug-likeness (QED) is 0.453. The number of carbonyl (C=O) groups is 1. The van der Waals surface area contributed by atoms with Crippen LogP contribution in [0.15, 0.2) is 22.2 Å². The second-order valence-electron chi connectivity index (χ2n) is 8.22. The van der Waals surface area contributed by atoms with Gasteiger partial charge in [-0.2, -0.15) is 0 Å². The summed E-state index contributed by atoms with van der Waals surface area (Å²) < 4.78 is 2.71. The van der Waals surface area contributed by atoms with E-state index in [0.29, 0.717) is 24.2 Å². The van der Waals surface area contributed by atoms with Crippen LogP contribution in [0.25, 0.3) is 5.52 Å². The van der Waals surface area contributed by atoms with Crippen LogP contribution in [0.2, 0.25) is 0 Å². The number of hydrogen-bond acceptors (Lipinski definition) is 6. The van der Waals surface area contributed by atoms with Crippen LogP contribution in [0.1, 0.15) is 57.8 Å². The predicted molar refractivity (Wildman–Crippen MR) is 104 cm³/mol. The van der Waals surface area contributed by atoms with Gasteiger partial charge in [0.2, 0.25) is 5.91 Å². The highest BCUT2D eigenvalue weighted by Gasteiger charge is 2.41. The summed E-state index contributed by atoms with van der Waals surface area (Å²) in [5, 5.41) is 26.6. The normalized spacial score (nSPS) is 22.5. The summed E-state index contributed by atoms with van der Waals surface area (Å²) in [6.45, 7) is 7.12. The average Bonchev–Trinajstić information content (AvgIpc) is 3.06. The summed E-state index contributed by atoms with van der Waals surface area (Å²) in [4.78, 5) is 27.1. The van der Waals surface area contributed by atoms with Gasteiger partial charge in [-0.1, -0.05) is 19.0 Å². The lowest BCUT2D eigenvalue weighted by molar-refractivity contribution is -0.141. The van der Waals surface area contributed by atoms with Crippen molar-refractivity contribution in [1.82, 2.24) is 19.1 Å². The highest BCUT2D eigenvalue weighted by atomic mass is 16.4. The molecule has 2 aromatic rings. The molecule has 0 unspecified atom stereocenters. The van der Waals surface area contributed by atoms with Crippen LogP contribution >= 0.6 is 0 Å². The predicted octanol–water partition coefficient (Wildman–Crippen LogP) is 1.19. The van der Waals surface area contributed by atoms with Gasteiger partial charge in [0, 0.05) is 19.3 Å². The molecular weight excluding hydrogens is 362 g/mol. The maximum atomic E-state index is 12.9. The maximum absolute atomic E-state index is 12.9. The number of nitrogens with zero attached hydrogens (tertiary/aromatic N) is 5. The number of aliphatic hydroxyl groups is 1. The zero-order valence-corrected chi connectivity index (χ0v) is 16.9. The van der Waals surface area contributed by atoms with E-state index in [9.17, 15) is 19.9 Å². The van der Waals surface area contributed by atoms with Gasteiger partial charge >= 0.3 is 0 Å². The largest absolute Gasteiger partial charge is 0.411 e. The van der Waals surface area contributed by atoms with Crippen LogP contribution in [0.4, 0.5) is 0 Å². The maximum Gasteiger partial charge on any atom is 0.291 e. The molecule has 0 spiro atoms. The zero-order chi connectivity index (χ0) is 20.8. The van der Waals surface area contributed by atoms with E-state index in [-0.39, 0.29) is 35.7 Å². The standard InChI is InChI=1S/C19H27N5O4/c1-11(2)13-6-15-18(26)24(20-17(12(3)21-28)23(15)9-13)10-16(25)22(5)14-7-19(4,27)8-14/h6,9,11,14,27-28H,7-8,10H2,1-5H3/b21-12-/t14-,19+. The van der Waals surface area contributed by atoms with E-state index >= 15 is 0 Å². The molecule has 9 nitrogen and oxygen atoms in total. The minimum absolute atomic E-state index is 0.0528. The average molecular weight is 389 g/mol. The van der Waals surface area contributed by atoms with Crippen LogP contribution in [-0.4, -0.2) is 59.7 Å². The first-order valence-corrected chi connectivity index (χ1v) is 9.34. The highest BCUT2D eigenvalue weighted by molar-refractivity contribution is 5.95. The Morgan fingerprint density at radius 1 is 1.46 bits per heavy atom. The molecule has 2 N–H and O–H groups in total. The van der Waals surface area contributed by atoms with E-state index in [1.54, 1.807) is 42.5 Å². The smallest absolute Gasteiger partial charge is 0.291 e. The Kier molecular flexibility index (Phi) is 5.05. The third-order valence-electron chi connectivity index (χ3n) is 5.46. The van der Waals surface area contributed by atoms with E-state index in [0.717, 1.165) is 10.2 Å². The van der Waals surface area contributed by atoms with Crippen LogP contribution in [-0.2, 0) is 11.3 Å². The summed E-state index contributed by atoms with van der Waals surface area (Å²) in [5.41, 5.74) is 0.431. The molecule has 152 valence electrons. The third-order valence-corrected chi connectivity index (χ3v) is 5.46. The number of hydrogen-bond donors (Lipinski definition) is 2. The summed E-state index contributed by atoms with van der Waals surface area (Å²) in [5.74, 6) is 0.233. The minimum Gasteiger partial charge on any atom is -0.411 e. The Labute approximate surface area is 162 Å². The highest BCUT2D eigenvalue weighted by Crippen LogP contribution is 2.34. The van der Waals surface area contributed by atoms with Crippen LogP contribution < -0.4 is 5.56 Å². The van der Waals surface area contributed by atoms with Crippen molar-refractivity contribution < 1.29 is 15.1 Å². The lowest BCUT2D eigenvalue weighted by atomic mass is 9.76. The van der Waals surface area contributed by atoms with Gasteiger partial charge in [-0.15, -0.1) is 5.10 Å². The lowest BCUT2D eigenvalue weighted by Gasteiger charge is -2.45. The first-order valence-electron chi connectivity index (χ1n) is 9.34. The number of amides is 1. The molecule has 0 aromatic carbocycles. The molecule has 0 radical (unpaired) electrons. The Hall–Kier alpha value is -2.68. The fourth-order valence-corrected chi connectivity index (χ4v) is 3.55. The summed E-state index contributed by atoms with van der Waals surface area (Å²) in [6.07, 6.45) is 2.82. The molecule has 1 fully saturated rings. The first kappa shape index (κ1) is 20.1. The fourth-order valence-electron chi connectivity index (χ4n) is 3.55. The molecular formula is C19H27N5O4. The third kappa shape index (κ3) is 3.54. The second kappa shape index (κ2) is 7.05. The van der Waals surface area contributed by atoms with Crippen molar-refractivity contribution in [2.45, 2.75) is 64.6 Å². The molecule has 0 aliphatic heterocycles. The molecule has 1 saturated carbocycles. The van der Waals surface area contributed by atoms with Crippen molar-refractivity contribution in [3.8, 4) is 0 Å². The van der Waals surface area contributed by atoms with Gasteiger partial charge in [-0.05, 0) is 44.2 Å². The minimum atomic E-state index is -0.742. The van der Waals surface area contributed by atoms with Crippen molar-refractivity contribution in [2.24, 2.45) is 5.16 Å². The Bertz CT molecular complexity index is 994. The summed E-state index contributed by atoms with van der Waals surface area (Å²) in [6, 6.07) is 1.72. The summed E-state index contributed by atoms with van der Waals surface area (Å²) >= 11 is 0. The van der Waals surface area contributed by atoms with E-state index in [4.69, 9.17) is 0 Å². The first-order chi connectivity index (χ1) is 13.0. The summed E-state index contributed by atoms with van der Waals surface area (Å²) in [7, 11) is 1.67. The number of aromatic nitrogens is 3. The van der Waals surface area contributed by atoms with Crippen molar-refractivity contribution in [3.05, 3.63) is 34.0 Å². The lowest BCUT2D eigenvalue weighted by Crippen LogP contribution is -2.54. The molecule has 2 aromatic heterocycles. The van der Waals surface area contributed by atoms with Crippen molar-refractivity contribution >= 4 is 17.1 Å². The van der Waals surface area contributed by atoms with Crippen LogP contribution in [0.5, 0.6) is 0 Å². The molecule has 0 saturated heterocycles. The Balaban J connectivity index is 1.98. The number of oxime groups is 1. The Morgan fingerprint density at radius 3 is 2.64 bits per heavy atom. The van der Waals surface area contributed by atoms with Gasteiger partial charge in [-0.25, -0.2) is 4.68 Å². The van der Waals surface area contributed by atoms with Gasteiger partial charge in [0.25, 0.3) is 5.56 Å². The van der Waals surface area contributed by atoms with Crippen molar-refractivity contribution in [2.75, 3.05) is 7.05 Å². The van der Waals surface area contributed by atoms with E-state index < -0.39 is 5.60 Å². The second-order valence-corrected chi connectivity index (χ2v) is 8.22. The fraction of sp³-hybridized carbons (Fsp3) is 0.579. The number of likely N-dealkylation sites (N-methyl/N-ethyl adjacent to an activating group) is 1. The molecule has 0 bridgehead atoms. The van der Waals surface area contributed by atoms with Gasteiger partial charge in [0.05, 0.1) is 5.60 Å². The van der Waals surface area contributed by atoms with Crippen molar-refractivity contribution in [1.29, 1.82) is 0 Å². The molecule has 1 aliphatic carbocycles. The van der Waals surface area contributed by atoms with Gasteiger partial charge in [-0.3, -0.25) is 14.0 Å². The monoisotopic (exact) mass is 389 g/mol. The molecule has 3 rings (SSSR count). The van der Waals surface area contributed by atoms with E-state index in [2.05, 4.69) is 10.3 Å². The number of rotatable bonds is 5. The van der Waals surface area contributed by atoms with Gasteiger partial charge in [0.15, 0.2) is 5.82 Å². The Morgan fingerprint density at radius 2 is 2.11 bits per heavy atom. The van der Waals surface area contributed by atoms with Crippen LogP contribution in [0, 0.1) is 0 Å². The molecule has 1 amide bonds. The SMILES string of the molecule is C/C(=N/O)c1nn(CC(=O)N(C)[C@H]2C[C@@](C)(O)C2)c(=O)c2cc(C(C)C)cn12. The van der Waals surface area contributed by atoms with Gasteiger partial charge < -0.3 is 15.2 Å².